The SMILES string of the molecule is COc1cc(Nc2ncc3c(n2)N(C)C(c2ccc(Cl)cc2Cl)CO3)ccc1-n1cnc(C)c1. The van der Waals surface area contributed by atoms with E-state index in [9.17, 15) is 0 Å². The number of halogens is 2. The minimum atomic E-state index is -0.113. The lowest BCUT2D eigenvalue weighted by molar-refractivity contribution is 0.265. The average Bonchev–Trinajstić information content (AvgIpc) is 3.26. The van der Waals surface area contributed by atoms with Crippen molar-refractivity contribution in [3.8, 4) is 17.2 Å². The Morgan fingerprint density at radius 2 is 2.00 bits per heavy atom. The van der Waals surface area contributed by atoms with Gasteiger partial charge in [0.2, 0.25) is 5.95 Å². The Morgan fingerprint density at radius 3 is 2.74 bits per heavy atom. The van der Waals surface area contributed by atoms with Crippen LogP contribution < -0.4 is 19.7 Å². The topological polar surface area (TPSA) is 77.3 Å². The monoisotopic (exact) mass is 496 g/mol. The summed E-state index contributed by atoms with van der Waals surface area (Å²) in [5.41, 5.74) is 3.52. The van der Waals surface area contributed by atoms with Gasteiger partial charge in [0.05, 0.1) is 37.1 Å². The van der Waals surface area contributed by atoms with Gasteiger partial charge in [0.1, 0.15) is 12.4 Å². The average molecular weight is 497 g/mol. The van der Waals surface area contributed by atoms with Gasteiger partial charge in [-0.2, -0.15) is 4.98 Å². The summed E-state index contributed by atoms with van der Waals surface area (Å²) in [6, 6.07) is 11.1. The van der Waals surface area contributed by atoms with E-state index < -0.39 is 0 Å². The van der Waals surface area contributed by atoms with Crippen LogP contribution in [0.4, 0.5) is 17.5 Å². The van der Waals surface area contributed by atoms with Gasteiger partial charge in [0, 0.05) is 35.0 Å². The second-order valence-corrected chi connectivity index (χ2v) is 8.76. The van der Waals surface area contributed by atoms with E-state index >= 15 is 0 Å². The number of aromatic nitrogens is 4. The maximum Gasteiger partial charge on any atom is 0.229 e. The number of methoxy groups -OCH3 is 1. The van der Waals surface area contributed by atoms with Crippen molar-refractivity contribution in [3.63, 3.8) is 0 Å². The summed E-state index contributed by atoms with van der Waals surface area (Å²) in [5, 5.41) is 4.43. The molecule has 1 unspecified atom stereocenters. The van der Waals surface area contributed by atoms with E-state index in [4.69, 9.17) is 37.7 Å². The third kappa shape index (κ3) is 4.22. The molecule has 0 radical (unpaired) electrons. The number of anilines is 3. The fourth-order valence-electron chi connectivity index (χ4n) is 3.93. The molecule has 0 saturated carbocycles. The van der Waals surface area contributed by atoms with Gasteiger partial charge >= 0.3 is 0 Å². The van der Waals surface area contributed by atoms with Crippen LogP contribution in [0.3, 0.4) is 0 Å². The van der Waals surface area contributed by atoms with Gasteiger partial charge in [-0.3, -0.25) is 0 Å². The lowest BCUT2D eigenvalue weighted by Crippen LogP contribution is -2.34. The molecule has 174 valence electrons. The molecule has 1 N–H and O–H groups in total. The molecule has 0 saturated heterocycles. The molecule has 1 aliphatic rings. The van der Waals surface area contributed by atoms with Gasteiger partial charge in [0.15, 0.2) is 11.6 Å². The first-order valence-corrected chi connectivity index (χ1v) is 11.3. The summed E-state index contributed by atoms with van der Waals surface area (Å²) in [6.45, 7) is 2.37. The maximum atomic E-state index is 6.45. The Morgan fingerprint density at radius 1 is 1.15 bits per heavy atom. The zero-order valence-electron chi connectivity index (χ0n) is 18.8. The van der Waals surface area contributed by atoms with E-state index in [1.807, 2.05) is 60.0 Å². The second-order valence-electron chi connectivity index (χ2n) is 7.92. The molecule has 4 aromatic rings. The van der Waals surface area contributed by atoms with Crippen LogP contribution in [0.1, 0.15) is 17.3 Å². The fraction of sp³-hybridized carbons (Fsp3) is 0.208. The van der Waals surface area contributed by atoms with Gasteiger partial charge in [-0.05, 0) is 36.8 Å². The summed E-state index contributed by atoms with van der Waals surface area (Å²) >= 11 is 12.5. The molecule has 0 spiro atoms. The molecule has 0 aliphatic carbocycles. The molecule has 1 atom stereocenters. The molecule has 2 aromatic carbocycles. The quantitative estimate of drug-likeness (QED) is 0.385. The predicted molar refractivity (Wildman–Crippen MR) is 133 cm³/mol. The van der Waals surface area contributed by atoms with E-state index in [0.29, 0.717) is 39.9 Å². The minimum absolute atomic E-state index is 0.113. The van der Waals surface area contributed by atoms with Gasteiger partial charge in [0.25, 0.3) is 0 Å². The number of hydrogen-bond donors (Lipinski definition) is 1. The molecule has 0 bridgehead atoms. The smallest absolute Gasteiger partial charge is 0.229 e. The van der Waals surface area contributed by atoms with Crippen LogP contribution in [0.5, 0.6) is 11.5 Å². The predicted octanol–water partition coefficient (Wildman–Crippen LogP) is 5.60. The number of likely N-dealkylation sites (N-methyl/N-ethyl adjacent to an activating group) is 1. The number of hydrogen-bond acceptors (Lipinski definition) is 7. The molecule has 34 heavy (non-hydrogen) atoms. The second kappa shape index (κ2) is 9.04. The van der Waals surface area contributed by atoms with Crippen molar-refractivity contribution in [2.45, 2.75) is 13.0 Å². The van der Waals surface area contributed by atoms with Crippen molar-refractivity contribution >= 4 is 40.7 Å². The van der Waals surface area contributed by atoms with E-state index in [2.05, 4.69) is 15.3 Å². The van der Waals surface area contributed by atoms with Crippen molar-refractivity contribution < 1.29 is 9.47 Å². The Hall–Kier alpha value is -3.49. The standard InChI is InChI=1S/C24H22Cl2N6O2/c1-14-11-32(13-28-14)19-7-5-16(9-21(19)33-3)29-24-27-10-22-23(30-24)31(2)20(12-34-22)17-6-4-15(25)8-18(17)26/h4-11,13,20H,12H2,1-3H3,(H,27,29,30). The Balaban J connectivity index is 1.41. The highest BCUT2D eigenvalue weighted by molar-refractivity contribution is 6.35. The molecular weight excluding hydrogens is 475 g/mol. The van der Waals surface area contributed by atoms with Crippen LogP contribution in [-0.4, -0.2) is 40.3 Å². The van der Waals surface area contributed by atoms with E-state index in [1.165, 1.54) is 0 Å². The highest BCUT2D eigenvalue weighted by Crippen LogP contribution is 2.39. The van der Waals surface area contributed by atoms with Gasteiger partial charge < -0.3 is 24.3 Å². The summed E-state index contributed by atoms with van der Waals surface area (Å²) in [4.78, 5) is 15.4. The highest BCUT2D eigenvalue weighted by atomic mass is 35.5. The zero-order valence-corrected chi connectivity index (χ0v) is 20.3. The van der Waals surface area contributed by atoms with Crippen molar-refractivity contribution in [2.24, 2.45) is 0 Å². The Labute approximate surface area is 207 Å². The first kappa shape index (κ1) is 22.3. The lowest BCUT2D eigenvalue weighted by Gasteiger charge is -2.35. The number of rotatable bonds is 5. The molecule has 2 aromatic heterocycles. The minimum Gasteiger partial charge on any atom is -0.494 e. The van der Waals surface area contributed by atoms with Crippen LogP contribution in [0.15, 0.2) is 55.1 Å². The Kier molecular flexibility index (Phi) is 5.93. The summed E-state index contributed by atoms with van der Waals surface area (Å²) in [6.07, 6.45) is 5.36. The van der Waals surface area contributed by atoms with Crippen molar-refractivity contribution in [1.82, 2.24) is 19.5 Å². The third-order valence-electron chi connectivity index (χ3n) is 5.68. The van der Waals surface area contributed by atoms with E-state index in [0.717, 1.165) is 22.6 Å². The van der Waals surface area contributed by atoms with E-state index in [-0.39, 0.29) is 6.04 Å². The number of benzene rings is 2. The number of fused-ring (bicyclic) bond motifs is 1. The number of imidazole rings is 1. The molecular formula is C24H22Cl2N6O2. The van der Waals surface area contributed by atoms with Crippen LogP contribution in [0, 0.1) is 6.92 Å². The van der Waals surface area contributed by atoms with E-state index in [1.54, 1.807) is 25.7 Å². The van der Waals surface area contributed by atoms with Crippen molar-refractivity contribution in [2.75, 3.05) is 31.0 Å². The van der Waals surface area contributed by atoms with Crippen LogP contribution >= 0.6 is 23.2 Å². The molecule has 1 aliphatic heterocycles. The van der Waals surface area contributed by atoms with Crippen LogP contribution in [0.25, 0.3) is 5.69 Å². The van der Waals surface area contributed by atoms with Crippen molar-refractivity contribution in [3.05, 3.63) is 76.4 Å². The molecule has 10 heteroatoms. The zero-order chi connectivity index (χ0) is 23.8. The number of nitrogens with zero attached hydrogens (tertiary/aromatic N) is 5. The van der Waals surface area contributed by atoms with Gasteiger partial charge in [-0.1, -0.05) is 29.3 Å². The Bertz CT molecular complexity index is 1360. The molecule has 0 amide bonds. The molecule has 0 fully saturated rings. The molecule has 5 rings (SSSR count). The molecule has 8 nitrogen and oxygen atoms in total. The summed E-state index contributed by atoms with van der Waals surface area (Å²) < 4.78 is 13.5. The van der Waals surface area contributed by atoms with Gasteiger partial charge in [-0.15, -0.1) is 0 Å². The summed E-state index contributed by atoms with van der Waals surface area (Å²) in [5.74, 6) is 2.40. The first-order chi connectivity index (χ1) is 16.4. The highest BCUT2D eigenvalue weighted by Gasteiger charge is 2.29. The fourth-order valence-corrected chi connectivity index (χ4v) is 4.46. The maximum absolute atomic E-state index is 6.45. The first-order valence-electron chi connectivity index (χ1n) is 10.6. The molecule has 3 heterocycles. The largest absolute Gasteiger partial charge is 0.494 e. The lowest BCUT2D eigenvalue weighted by atomic mass is 10.1. The number of nitrogens with one attached hydrogen (secondary N) is 1. The number of ether oxygens (including phenoxy) is 2. The third-order valence-corrected chi connectivity index (χ3v) is 6.24. The summed E-state index contributed by atoms with van der Waals surface area (Å²) in [7, 11) is 3.59. The van der Waals surface area contributed by atoms with Crippen molar-refractivity contribution in [1.29, 1.82) is 0 Å². The van der Waals surface area contributed by atoms with Gasteiger partial charge in [-0.25, -0.2) is 9.97 Å². The van der Waals surface area contributed by atoms with Crippen LogP contribution in [0.2, 0.25) is 10.0 Å². The normalized spacial score (nSPS) is 15.0. The van der Waals surface area contributed by atoms with Crippen LogP contribution in [-0.2, 0) is 0 Å². The number of aryl methyl sites for hydroxylation is 1.